The van der Waals surface area contributed by atoms with E-state index in [0.717, 1.165) is 25.7 Å². The van der Waals surface area contributed by atoms with Gasteiger partial charge in [-0.25, -0.2) is 9.59 Å². The van der Waals surface area contributed by atoms with Crippen LogP contribution in [-0.4, -0.2) is 216 Å². The molecule has 0 unspecified atom stereocenters. The highest BCUT2D eigenvalue weighted by atomic mass is 16.6. The van der Waals surface area contributed by atoms with Gasteiger partial charge < -0.3 is 88.2 Å². The summed E-state index contributed by atoms with van der Waals surface area (Å²) in [7, 11) is 6.58. The number of methoxy groups -OCH3 is 4. The number of rotatable bonds is 16. The fourth-order valence-electron chi connectivity index (χ4n) is 15.0. The van der Waals surface area contributed by atoms with Gasteiger partial charge in [0.2, 0.25) is 0 Å². The molecule has 4 bridgehead atoms. The quantitative estimate of drug-likeness (QED) is 0.0527. The summed E-state index contributed by atoms with van der Waals surface area (Å²) in [5.74, 6) is -4.71. The topological polar surface area (TPSA) is 288 Å². The third-order valence-electron chi connectivity index (χ3n) is 21.8. The van der Waals surface area contributed by atoms with Crippen molar-refractivity contribution >= 4 is 11.9 Å². The lowest BCUT2D eigenvalue weighted by molar-refractivity contribution is -0.157. The number of allylic oxidation sites excluding steroid dienone is 4. The van der Waals surface area contributed by atoms with E-state index in [4.69, 9.17) is 47.4 Å². The molecule has 2 saturated heterocycles. The average molecular weight is 1380 g/mol. The van der Waals surface area contributed by atoms with Crippen LogP contribution in [0.4, 0.5) is 0 Å². The number of esters is 2. The summed E-state index contributed by atoms with van der Waals surface area (Å²) in [6, 6.07) is 0. The minimum Gasteiger partial charge on any atom is -0.459 e. The fourth-order valence-corrected chi connectivity index (χ4v) is 15.0. The van der Waals surface area contributed by atoms with E-state index in [-0.39, 0.29) is 106 Å². The highest BCUT2D eigenvalue weighted by Crippen LogP contribution is 2.36. The van der Waals surface area contributed by atoms with Crippen LogP contribution in [0, 0.1) is 41.4 Å². The number of carbonyl (C=O) groups excluding carboxylic acids is 2. The SMILES string of the molecule is CO[C@@H]1C[C@H](CC[C@@H](C)[C@@H](O)[C@@H](C)[C@H]2OC(=O)/C=C/C(C)=C/C[C@H](O)C[C@@H]3C=CC[C@@H](C[C@H](OC)[C@@H](C)[C@H](O)C[C@H](O)C[C@H]([C@@H](C)[C@@H](O)[C@@H](C)CC[C@H]4C[C@@H](OC)C[C@H](C)O4)OC(=O)/C=C/C(C)=C/C[C@H](O)C[C@@H]4C=CC[C@H](C[C@@H](OC)[C@H](C)[C@H](O)C[C@@H](O)[C@H]2C)O4)O3)O[C@H](C)C1. The Kier molecular flexibility index (Phi) is 37.4. The Hall–Kier alpha value is -3.26. The number of aliphatic hydroxyl groups is 8. The molecule has 5 aliphatic rings. The van der Waals surface area contributed by atoms with Crippen LogP contribution >= 0.6 is 0 Å². The van der Waals surface area contributed by atoms with E-state index in [2.05, 4.69) is 0 Å². The zero-order chi connectivity index (χ0) is 71.6. The van der Waals surface area contributed by atoms with Crippen LogP contribution in [0.15, 0.2) is 71.9 Å². The van der Waals surface area contributed by atoms with Crippen molar-refractivity contribution in [1.29, 1.82) is 0 Å². The molecule has 8 N–H and O–H groups in total. The average Bonchev–Trinajstić information content (AvgIpc) is 0.856. The summed E-state index contributed by atoms with van der Waals surface area (Å²) in [6.07, 6.45) is 14.2. The number of hydrogen-bond donors (Lipinski definition) is 8. The molecule has 0 aromatic carbocycles. The molecule has 0 spiro atoms. The highest BCUT2D eigenvalue weighted by molar-refractivity contribution is 5.83. The Balaban J connectivity index is 1.35. The third-order valence-corrected chi connectivity index (χ3v) is 21.8. The summed E-state index contributed by atoms with van der Waals surface area (Å²) < 4.78 is 61.1. The van der Waals surface area contributed by atoms with Gasteiger partial charge in [-0.15, -0.1) is 0 Å². The minimum atomic E-state index is -1.16. The van der Waals surface area contributed by atoms with Crippen molar-refractivity contribution in [2.24, 2.45) is 41.4 Å². The first-order valence-electron chi connectivity index (χ1n) is 36.6. The van der Waals surface area contributed by atoms with Gasteiger partial charge in [0.25, 0.3) is 0 Å². The van der Waals surface area contributed by atoms with Crippen LogP contribution < -0.4 is 0 Å². The van der Waals surface area contributed by atoms with Crippen molar-refractivity contribution in [3.8, 4) is 0 Å². The van der Waals surface area contributed by atoms with E-state index in [1.165, 1.54) is 12.2 Å². The Morgan fingerprint density at radius 1 is 0.464 bits per heavy atom. The summed E-state index contributed by atoms with van der Waals surface area (Å²) in [5.41, 5.74) is 1.39. The Morgan fingerprint density at radius 3 is 1.33 bits per heavy atom. The second-order valence-corrected chi connectivity index (χ2v) is 29.9. The molecular weight excluding hydrogens is 1240 g/mol. The molecule has 5 aliphatic heterocycles. The van der Waals surface area contributed by atoms with Gasteiger partial charge >= 0.3 is 11.9 Å². The van der Waals surface area contributed by atoms with E-state index in [9.17, 15) is 50.4 Å². The summed E-state index contributed by atoms with van der Waals surface area (Å²) in [6.45, 7) is 20.7. The van der Waals surface area contributed by atoms with Gasteiger partial charge in [0.1, 0.15) is 12.2 Å². The maximum atomic E-state index is 13.9. The molecule has 0 amide bonds. The molecule has 0 aliphatic carbocycles. The zero-order valence-corrected chi connectivity index (χ0v) is 61.4. The van der Waals surface area contributed by atoms with Crippen molar-refractivity contribution in [3.63, 3.8) is 0 Å². The fraction of sp³-hybridized carbons (Fsp3) is 0.818. The van der Waals surface area contributed by atoms with E-state index in [1.807, 2.05) is 106 Å². The van der Waals surface area contributed by atoms with Crippen molar-refractivity contribution in [3.05, 3.63) is 71.9 Å². The standard InChI is InChI=1S/C77H130O20/c1-45-22-28-56(78)36-60-19-17-21-62(95-60)43-71(91-15)52(8)68(82)44-69(83)53(9)77(55(11)76(87)48(4)27-31-64-41-66(89-13)35-50(6)93-64)97-74(85)33-25-46(2)23-29-57(79)37-59-18-16-20-61(94-59)42-70(90-14)51(7)67(81)38-58(80)39-72(96-73(84)32-24-45)54(10)75(86)47(3)26-30-63-40-65(88-12)34-49(5)92-63/h16-19,22-25,32-33,47-72,75-83,86-87H,20-21,26-31,34-44H2,1-15H3/b32-24+,33-25+,45-22+,46-23+/t47-,48+,49-,50+,51-,52+,53+,54+,55+,56-,57-,58-,59-,60-,61-,62+,63-,64-,65-,66-,67+,68+,69+,70-,71+,72+,75-,76+,77-/m0/s1. The maximum absolute atomic E-state index is 13.9. The van der Waals surface area contributed by atoms with Crippen molar-refractivity contribution < 1.29 is 97.8 Å². The van der Waals surface area contributed by atoms with Crippen LogP contribution in [0.25, 0.3) is 0 Å². The van der Waals surface area contributed by atoms with E-state index >= 15 is 0 Å². The number of hydrogen-bond acceptors (Lipinski definition) is 20. The molecule has 0 aromatic rings. The number of carbonyl (C=O) groups is 2. The van der Waals surface area contributed by atoms with Gasteiger partial charge in [0, 0.05) is 102 Å². The maximum Gasteiger partial charge on any atom is 0.331 e. The van der Waals surface area contributed by atoms with Crippen LogP contribution in [0.2, 0.25) is 0 Å². The first-order chi connectivity index (χ1) is 46.0. The van der Waals surface area contributed by atoms with Crippen LogP contribution in [0.3, 0.4) is 0 Å². The van der Waals surface area contributed by atoms with Crippen molar-refractivity contribution in [1.82, 2.24) is 0 Å². The molecule has 20 nitrogen and oxygen atoms in total. The van der Waals surface area contributed by atoms with Gasteiger partial charge in [-0.3, -0.25) is 0 Å². The third kappa shape index (κ3) is 28.8. The largest absolute Gasteiger partial charge is 0.459 e. The lowest BCUT2D eigenvalue weighted by Crippen LogP contribution is -2.45. The smallest absolute Gasteiger partial charge is 0.331 e. The van der Waals surface area contributed by atoms with Gasteiger partial charge in [0.05, 0.1) is 122 Å². The molecule has 5 rings (SSSR count). The van der Waals surface area contributed by atoms with Gasteiger partial charge in [-0.2, -0.15) is 0 Å². The molecule has 29 atom stereocenters. The minimum absolute atomic E-state index is 0.0237. The van der Waals surface area contributed by atoms with Crippen molar-refractivity contribution in [2.45, 2.75) is 332 Å². The van der Waals surface area contributed by atoms with Crippen molar-refractivity contribution in [2.75, 3.05) is 28.4 Å². The molecular formula is C77H130O20. The molecule has 97 heavy (non-hydrogen) atoms. The van der Waals surface area contributed by atoms with E-state index in [1.54, 1.807) is 47.5 Å². The molecule has 0 aromatic heterocycles. The normalized spacial score (nSPS) is 40.6. The number of ether oxygens (including phenoxy) is 10. The summed E-state index contributed by atoms with van der Waals surface area (Å²) >= 11 is 0. The van der Waals surface area contributed by atoms with Gasteiger partial charge in [-0.1, -0.05) is 108 Å². The summed E-state index contributed by atoms with van der Waals surface area (Å²) in [5, 5.41) is 93.8. The predicted molar refractivity (Wildman–Crippen MR) is 373 cm³/mol. The molecule has 20 heteroatoms. The second kappa shape index (κ2) is 43.0. The van der Waals surface area contributed by atoms with E-state index in [0.29, 0.717) is 62.5 Å². The van der Waals surface area contributed by atoms with Gasteiger partial charge in [-0.05, 0) is 129 Å². The number of aliphatic hydroxyl groups excluding tert-OH is 8. The Bertz CT molecular complexity index is 2450. The molecule has 0 saturated carbocycles. The first kappa shape index (κ1) is 84.4. The lowest BCUT2D eigenvalue weighted by atomic mass is 9.78. The van der Waals surface area contributed by atoms with Crippen LogP contribution in [0.5, 0.6) is 0 Å². The van der Waals surface area contributed by atoms with Crippen LogP contribution in [0.1, 0.15) is 198 Å². The molecule has 558 valence electrons. The molecule has 5 heterocycles. The monoisotopic (exact) mass is 1370 g/mol. The van der Waals surface area contributed by atoms with Crippen LogP contribution in [-0.2, 0) is 57.0 Å². The van der Waals surface area contributed by atoms with Gasteiger partial charge in [0.15, 0.2) is 0 Å². The zero-order valence-electron chi connectivity index (χ0n) is 61.4. The van der Waals surface area contributed by atoms with E-state index < -0.39 is 127 Å². The summed E-state index contributed by atoms with van der Waals surface area (Å²) in [4.78, 5) is 27.7. The first-order valence-corrected chi connectivity index (χ1v) is 36.6. The Morgan fingerprint density at radius 2 is 0.887 bits per heavy atom. The Labute approximate surface area is 581 Å². The lowest BCUT2D eigenvalue weighted by Gasteiger charge is -2.38. The highest BCUT2D eigenvalue weighted by Gasteiger charge is 2.41. The number of fused-ring (bicyclic) bond motifs is 4. The molecule has 2 fully saturated rings. The molecule has 0 radical (unpaired) electrons. The predicted octanol–water partition coefficient (Wildman–Crippen LogP) is 9.86. The number of cyclic esters (lactones) is 2. The second-order valence-electron chi connectivity index (χ2n) is 29.9.